The standard InChI is InChI=1S/C24H35N5OS/c1-5-16-29-23(19-10-8-7-9-11-19)26-27-24(29)31-17-22(30)25-20-12-14-21(15-13-20)28(6-2)18(3)4/h5,12-15,18-19H,1,6-11,16-17H2,2-4H3,(H,25,30). The quantitative estimate of drug-likeness (QED) is 0.391. The minimum absolute atomic E-state index is 0.0404. The number of allylic oxidation sites excluding steroid dienone is 1. The van der Waals surface area contributed by atoms with E-state index in [-0.39, 0.29) is 5.91 Å². The molecule has 31 heavy (non-hydrogen) atoms. The van der Waals surface area contributed by atoms with Gasteiger partial charge in [0.1, 0.15) is 5.82 Å². The van der Waals surface area contributed by atoms with E-state index in [1.807, 2.05) is 18.2 Å². The number of anilines is 2. The summed E-state index contributed by atoms with van der Waals surface area (Å²) in [6, 6.07) is 8.48. The monoisotopic (exact) mass is 441 g/mol. The summed E-state index contributed by atoms with van der Waals surface area (Å²) >= 11 is 1.44. The van der Waals surface area contributed by atoms with Gasteiger partial charge in [-0.25, -0.2) is 0 Å². The maximum atomic E-state index is 12.5. The molecule has 2 aromatic rings. The van der Waals surface area contributed by atoms with Crippen molar-refractivity contribution in [3.8, 4) is 0 Å². The fraction of sp³-hybridized carbons (Fsp3) is 0.542. The van der Waals surface area contributed by atoms with Gasteiger partial charge in [0, 0.05) is 36.4 Å². The molecule has 1 fully saturated rings. The summed E-state index contributed by atoms with van der Waals surface area (Å²) in [4.78, 5) is 14.8. The van der Waals surface area contributed by atoms with Crippen LogP contribution in [0, 0.1) is 0 Å². The number of aromatic nitrogens is 3. The highest BCUT2D eigenvalue weighted by Gasteiger charge is 2.23. The molecule has 0 aliphatic heterocycles. The van der Waals surface area contributed by atoms with E-state index >= 15 is 0 Å². The lowest BCUT2D eigenvalue weighted by Crippen LogP contribution is -2.30. The molecule has 1 aliphatic carbocycles. The lowest BCUT2D eigenvalue weighted by molar-refractivity contribution is -0.113. The average molecular weight is 442 g/mol. The molecular formula is C24H35N5OS. The third kappa shape index (κ3) is 6.12. The summed E-state index contributed by atoms with van der Waals surface area (Å²) in [5.74, 6) is 1.77. The van der Waals surface area contributed by atoms with Crippen LogP contribution in [0.1, 0.15) is 64.6 Å². The number of carbonyl (C=O) groups excluding carboxylic acids is 1. The van der Waals surface area contributed by atoms with E-state index in [9.17, 15) is 4.79 Å². The fourth-order valence-electron chi connectivity index (χ4n) is 4.28. The first-order chi connectivity index (χ1) is 15.0. The third-order valence-electron chi connectivity index (χ3n) is 5.81. The highest BCUT2D eigenvalue weighted by Crippen LogP contribution is 2.33. The normalized spacial score (nSPS) is 14.6. The van der Waals surface area contributed by atoms with Gasteiger partial charge < -0.3 is 14.8 Å². The molecule has 0 atom stereocenters. The Labute approximate surface area is 190 Å². The highest BCUT2D eigenvalue weighted by molar-refractivity contribution is 7.99. The first-order valence-electron chi connectivity index (χ1n) is 11.4. The van der Waals surface area contributed by atoms with Crippen molar-refractivity contribution >= 4 is 29.0 Å². The fourth-order valence-corrected chi connectivity index (χ4v) is 5.03. The van der Waals surface area contributed by atoms with Crippen LogP contribution < -0.4 is 10.2 Å². The average Bonchev–Trinajstić information content (AvgIpc) is 3.17. The van der Waals surface area contributed by atoms with Crippen molar-refractivity contribution in [2.45, 2.75) is 76.5 Å². The van der Waals surface area contributed by atoms with E-state index in [0.717, 1.165) is 28.9 Å². The van der Waals surface area contributed by atoms with Crippen molar-refractivity contribution in [2.75, 3.05) is 22.5 Å². The van der Waals surface area contributed by atoms with Gasteiger partial charge in [0.05, 0.1) is 5.75 Å². The van der Waals surface area contributed by atoms with Gasteiger partial charge in [-0.15, -0.1) is 16.8 Å². The van der Waals surface area contributed by atoms with Gasteiger partial charge in [0.15, 0.2) is 5.16 Å². The number of rotatable bonds is 10. The smallest absolute Gasteiger partial charge is 0.234 e. The van der Waals surface area contributed by atoms with Crippen molar-refractivity contribution in [1.29, 1.82) is 0 Å². The molecule has 1 N–H and O–H groups in total. The van der Waals surface area contributed by atoms with Crippen molar-refractivity contribution in [2.24, 2.45) is 0 Å². The van der Waals surface area contributed by atoms with Gasteiger partial charge in [-0.1, -0.05) is 37.1 Å². The van der Waals surface area contributed by atoms with Crippen LogP contribution in [-0.2, 0) is 11.3 Å². The second-order valence-electron chi connectivity index (χ2n) is 8.34. The molecule has 0 radical (unpaired) electrons. The van der Waals surface area contributed by atoms with Crippen LogP contribution in [0.3, 0.4) is 0 Å². The summed E-state index contributed by atoms with van der Waals surface area (Å²) in [6.45, 7) is 12.0. The lowest BCUT2D eigenvalue weighted by atomic mass is 9.89. The Balaban J connectivity index is 1.59. The van der Waals surface area contributed by atoms with Crippen LogP contribution in [0.2, 0.25) is 0 Å². The van der Waals surface area contributed by atoms with Crippen molar-refractivity contribution in [3.05, 3.63) is 42.7 Å². The van der Waals surface area contributed by atoms with Crippen molar-refractivity contribution in [1.82, 2.24) is 14.8 Å². The van der Waals surface area contributed by atoms with E-state index in [1.54, 1.807) is 0 Å². The summed E-state index contributed by atoms with van der Waals surface area (Å²) in [5.41, 5.74) is 1.97. The summed E-state index contributed by atoms with van der Waals surface area (Å²) in [7, 11) is 0. The topological polar surface area (TPSA) is 63.1 Å². The molecule has 0 spiro atoms. The van der Waals surface area contributed by atoms with E-state index in [2.05, 4.69) is 64.5 Å². The Morgan fingerprint density at radius 2 is 1.97 bits per heavy atom. The Morgan fingerprint density at radius 3 is 2.58 bits per heavy atom. The summed E-state index contributed by atoms with van der Waals surface area (Å²) in [5, 5.41) is 12.6. The van der Waals surface area contributed by atoms with Gasteiger partial charge in [-0.05, 0) is 57.9 Å². The maximum Gasteiger partial charge on any atom is 0.234 e. The van der Waals surface area contributed by atoms with Crippen molar-refractivity contribution in [3.63, 3.8) is 0 Å². The predicted molar refractivity (Wildman–Crippen MR) is 130 cm³/mol. The number of nitrogens with one attached hydrogen (secondary N) is 1. The van der Waals surface area contributed by atoms with E-state index in [0.29, 0.717) is 24.3 Å². The molecule has 6 nitrogen and oxygen atoms in total. The Bertz CT molecular complexity index is 855. The van der Waals surface area contributed by atoms with Crippen molar-refractivity contribution < 1.29 is 4.79 Å². The molecule has 1 amide bonds. The van der Waals surface area contributed by atoms with E-state index < -0.39 is 0 Å². The van der Waals surface area contributed by atoms with Gasteiger partial charge in [-0.2, -0.15) is 0 Å². The minimum atomic E-state index is -0.0404. The third-order valence-corrected chi connectivity index (χ3v) is 6.77. The zero-order chi connectivity index (χ0) is 22.2. The van der Waals surface area contributed by atoms with Crippen LogP contribution >= 0.6 is 11.8 Å². The SMILES string of the molecule is C=CCn1c(SCC(=O)Nc2ccc(N(CC)C(C)C)cc2)nnc1C1CCCCC1. The molecule has 1 aromatic carbocycles. The molecule has 1 aliphatic rings. The zero-order valence-corrected chi connectivity index (χ0v) is 19.8. The molecule has 1 heterocycles. The molecule has 7 heteroatoms. The first kappa shape index (κ1) is 23.4. The Kier molecular flexibility index (Phi) is 8.58. The van der Waals surface area contributed by atoms with Gasteiger partial charge in [0.25, 0.3) is 0 Å². The maximum absolute atomic E-state index is 12.5. The molecular weight excluding hydrogens is 406 g/mol. The highest BCUT2D eigenvalue weighted by atomic mass is 32.2. The van der Waals surface area contributed by atoms with Gasteiger partial charge in [0.2, 0.25) is 5.91 Å². The number of hydrogen-bond donors (Lipinski definition) is 1. The summed E-state index contributed by atoms with van der Waals surface area (Å²) in [6.07, 6.45) is 8.03. The summed E-state index contributed by atoms with van der Waals surface area (Å²) < 4.78 is 2.13. The Hall–Kier alpha value is -2.28. The van der Waals surface area contributed by atoms with Crippen LogP contribution in [0.25, 0.3) is 0 Å². The molecule has 0 unspecified atom stereocenters. The van der Waals surface area contributed by atoms with Crippen LogP contribution in [0.4, 0.5) is 11.4 Å². The zero-order valence-electron chi connectivity index (χ0n) is 19.0. The van der Waals surface area contributed by atoms with Crippen LogP contribution in [-0.4, -0.2) is 39.0 Å². The number of benzene rings is 1. The molecule has 168 valence electrons. The molecule has 0 bridgehead atoms. The minimum Gasteiger partial charge on any atom is -0.369 e. The molecule has 3 rings (SSSR count). The predicted octanol–water partition coefficient (Wildman–Crippen LogP) is 5.48. The second kappa shape index (κ2) is 11.4. The van der Waals surface area contributed by atoms with E-state index in [1.165, 1.54) is 43.9 Å². The van der Waals surface area contributed by atoms with Gasteiger partial charge >= 0.3 is 0 Å². The van der Waals surface area contributed by atoms with E-state index in [4.69, 9.17) is 0 Å². The largest absolute Gasteiger partial charge is 0.369 e. The molecule has 1 saturated carbocycles. The lowest BCUT2D eigenvalue weighted by Gasteiger charge is -2.27. The molecule has 0 saturated heterocycles. The number of carbonyl (C=O) groups is 1. The first-order valence-corrected chi connectivity index (χ1v) is 12.3. The number of thioether (sulfide) groups is 1. The molecule has 1 aromatic heterocycles. The van der Waals surface area contributed by atoms with Crippen LogP contribution in [0.15, 0.2) is 42.1 Å². The Morgan fingerprint density at radius 1 is 1.26 bits per heavy atom. The number of nitrogens with zero attached hydrogens (tertiary/aromatic N) is 4. The van der Waals surface area contributed by atoms with Gasteiger partial charge in [-0.3, -0.25) is 4.79 Å². The number of amides is 1. The number of hydrogen-bond acceptors (Lipinski definition) is 5. The van der Waals surface area contributed by atoms with Crippen LogP contribution in [0.5, 0.6) is 0 Å². The second-order valence-corrected chi connectivity index (χ2v) is 9.28.